The topological polar surface area (TPSA) is 125 Å². The fourth-order valence-electron chi connectivity index (χ4n) is 3.83. The van der Waals surface area contributed by atoms with Gasteiger partial charge in [0.05, 0.1) is 19.6 Å². The highest BCUT2D eigenvalue weighted by Crippen LogP contribution is 2.22. The number of ether oxygens (including phenoxy) is 1. The highest BCUT2D eigenvalue weighted by Gasteiger charge is 2.23. The Morgan fingerprint density at radius 3 is 2.49 bits per heavy atom. The van der Waals surface area contributed by atoms with Crippen molar-refractivity contribution < 1.29 is 19.4 Å². The molecular weight excluding hydrogens is 442 g/mol. The van der Waals surface area contributed by atoms with Gasteiger partial charge in [0.1, 0.15) is 0 Å². The summed E-state index contributed by atoms with van der Waals surface area (Å²) in [6, 6.07) is 17.2. The maximum absolute atomic E-state index is 12.7. The maximum Gasteiger partial charge on any atom is 0.356 e. The van der Waals surface area contributed by atoms with E-state index in [0.29, 0.717) is 13.0 Å². The normalized spacial score (nSPS) is 14.1. The Hall–Kier alpha value is -3.91. The molecule has 3 rings (SSSR count). The van der Waals surface area contributed by atoms with Crippen molar-refractivity contribution in [2.75, 3.05) is 6.61 Å². The molecule has 0 radical (unpaired) electrons. The number of hydrazine groups is 2. The minimum Gasteiger partial charge on any atom is -0.466 e. The van der Waals surface area contributed by atoms with Crippen LogP contribution in [0.25, 0.3) is 5.57 Å². The highest BCUT2D eigenvalue weighted by molar-refractivity contribution is 6.34. The minimum absolute atomic E-state index is 0.0266. The number of carbonyl (C=O) groups excluding carboxylic acids is 2. The number of esters is 1. The van der Waals surface area contributed by atoms with Crippen LogP contribution >= 0.6 is 0 Å². The first kappa shape index (κ1) is 25.7. The number of hydrazone groups is 1. The van der Waals surface area contributed by atoms with Gasteiger partial charge in [0.2, 0.25) is 0 Å². The predicted octanol–water partition coefficient (Wildman–Crippen LogP) is 1.13. The van der Waals surface area contributed by atoms with Gasteiger partial charge in [-0.05, 0) is 48.4 Å². The summed E-state index contributed by atoms with van der Waals surface area (Å²) in [6.45, 7) is 2.37. The molecule has 1 aliphatic rings. The lowest BCUT2D eigenvalue weighted by Crippen LogP contribution is -2.89. The van der Waals surface area contributed by atoms with E-state index in [0.717, 1.165) is 29.5 Å². The van der Waals surface area contributed by atoms with Gasteiger partial charge in [-0.1, -0.05) is 72.8 Å². The van der Waals surface area contributed by atoms with E-state index in [2.05, 4.69) is 40.8 Å². The third kappa shape index (κ3) is 8.42. The van der Waals surface area contributed by atoms with E-state index in [1.807, 2.05) is 42.5 Å². The molecule has 2 aromatic rings. The van der Waals surface area contributed by atoms with Gasteiger partial charge < -0.3 is 10.1 Å². The minimum atomic E-state index is -0.545. The second kappa shape index (κ2) is 13.1. The lowest BCUT2D eigenvalue weighted by molar-refractivity contribution is -0.653. The van der Waals surface area contributed by atoms with Crippen LogP contribution in [-0.2, 0) is 27.3 Å². The van der Waals surface area contributed by atoms with E-state index in [1.165, 1.54) is 10.7 Å². The van der Waals surface area contributed by atoms with Crippen LogP contribution in [0.15, 0.2) is 72.8 Å². The average Bonchev–Trinajstić information content (AvgIpc) is 2.85. The zero-order chi connectivity index (χ0) is 25.0. The summed E-state index contributed by atoms with van der Waals surface area (Å²) in [4.78, 5) is 24.9. The molecule has 35 heavy (non-hydrogen) atoms. The van der Waals surface area contributed by atoms with E-state index >= 15 is 0 Å². The number of hydrogen-bond donors (Lipinski definition) is 4. The fourth-order valence-corrected chi connectivity index (χ4v) is 3.83. The monoisotopic (exact) mass is 476 g/mol. The Balaban J connectivity index is 1.65. The Kier molecular flexibility index (Phi) is 9.62. The lowest BCUT2D eigenvalue weighted by atomic mass is 9.96. The molecule has 0 heterocycles. The molecule has 184 valence electrons. The van der Waals surface area contributed by atoms with Gasteiger partial charge in [0.25, 0.3) is 0 Å². The van der Waals surface area contributed by atoms with Gasteiger partial charge in [-0.25, -0.2) is 5.84 Å². The van der Waals surface area contributed by atoms with Crippen molar-refractivity contribution in [3.05, 3.63) is 89.5 Å². The second-order valence-electron chi connectivity index (χ2n) is 8.36. The van der Waals surface area contributed by atoms with Crippen molar-refractivity contribution in [1.82, 2.24) is 10.4 Å². The standard InChI is InChI=1S/C27H33N5O3/c1-2-35-25(33)18-24(17-20-13-15-23(16-14-20)22-11-7-4-8-12-22)30-27(34)26(28)31-32(29)19-21-9-5-3-6-10-21/h3,5-7,9-16,24H,2,4,8,17-19,29H2,1H3,(H2,28,31)(H,30,34)/p+1/t24-/m1/s1. The van der Waals surface area contributed by atoms with E-state index < -0.39 is 11.9 Å². The number of rotatable bonds is 10. The Labute approximate surface area is 206 Å². The largest absolute Gasteiger partial charge is 0.466 e. The molecule has 0 saturated carbocycles. The molecule has 1 atom stereocenters. The van der Waals surface area contributed by atoms with Crippen LogP contribution in [0.3, 0.4) is 0 Å². The summed E-state index contributed by atoms with van der Waals surface area (Å²) >= 11 is 0. The number of amides is 1. The van der Waals surface area contributed by atoms with Crippen LogP contribution in [-0.4, -0.2) is 35.5 Å². The summed E-state index contributed by atoms with van der Waals surface area (Å²) in [5, 5.41) is 6.75. The summed E-state index contributed by atoms with van der Waals surface area (Å²) < 4.78 is 5.09. The molecule has 0 saturated heterocycles. The number of amidine groups is 1. The van der Waals surface area contributed by atoms with Gasteiger partial charge in [-0.3, -0.25) is 15.3 Å². The molecule has 8 heteroatoms. The van der Waals surface area contributed by atoms with Crippen molar-refractivity contribution >= 4 is 23.3 Å². The van der Waals surface area contributed by atoms with Gasteiger partial charge in [0.15, 0.2) is 0 Å². The third-order valence-corrected chi connectivity index (χ3v) is 5.52. The maximum atomic E-state index is 12.7. The van der Waals surface area contributed by atoms with Crippen molar-refractivity contribution in [2.24, 2.45) is 11.6 Å². The van der Waals surface area contributed by atoms with Crippen LogP contribution in [0.5, 0.6) is 0 Å². The molecule has 0 unspecified atom stereocenters. The number of nitrogens with one attached hydrogen (secondary N) is 2. The smallest absolute Gasteiger partial charge is 0.356 e. The summed E-state index contributed by atoms with van der Waals surface area (Å²) in [6.07, 6.45) is 9.11. The van der Waals surface area contributed by atoms with Gasteiger partial charge in [-0.2, -0.15) is 10.2 Å². The molecule has 2 aromatic carbocycles. The average molecular weight is 477 g/mol. The Bertz CT molecular complexity index is 1080. The Morgan fingerprint density at radius 2 is 1.83 bits per heavy atom. The molecule has 6 N–H and O–H groups in total. The zero-order valence-electron chi connectivity index (χ0n) is 20.1. The molecular formula is C27H34N5O3+. The molecule has 0 aromatic heterocycles. The van der Waals surface area contributed by atoms with Crippen LogP contribution in [0.1, 0.15) is 42.9 Å². The number of nitrogens with zero attached hydrogens (tertiary/aromatic N) is 1. The van der Waals surface area contributed by atoms with Crippen LogP contribution < -0.4 is 22.0 Å². The van der Waals surface area contributed by atoms with E-state index in [1.54, 1.807) is 6.92 Å². The molecule has 0 spiro atoms. The van der Waals surface area contributed by atoms with Crippen molar-refractivity contribution in [3.8, 4) is 0 Å². The van der Waals surface area contributed by atoms with Crippen LogP contribution in [0.4, 0.5) is 0 Å². The van der Waals surface area contributed by atoms with E-state index in [9.17, 15) is 9.59 Å². The first-order valence-electron chi connectivity index (χ1n) is 11.8. The summed E-state index contributed by atoms with van der Waals surface area (Å²) in [5.74, 6) is 4.86. The number of nitrogens with two attached hydrogens (primary N) is 2. The van der Waals surface area contributed by atoms with Crippen LogP contribution in [0, 0.1) is 0 Å². The molecule has 1 aliphatic carbocycles. The van der Waals surface area contributed by atoms with E-state index in [-0.39, 0.29) is 24.8 Å². The highest BCUT2D eigenvalue weighted by atomic mass is 16.5. The Morgan fingerprint density at radius 1 is 1.09 bits per heavy atom. The number of hydrogen-bond acceptors (Lipinski definition) is 5. The first-order chi connectivity index (χ1) is 16.9. The third-order valence-electron chi connectivity index (χ3n) is 5.52. The molecule has 1 amide bonds. The van der Waals surface area contributed by atoms with Crippen molar-refractivity contribution in [1.29, 1.82) is 0 Å². The van der Waals surface area contributed by atoms with Gasteiger partial charge >= 0.3 is 17.7 Å². The quantitative estimate of drug-likeness (QED) is 0.134. The fraction of sp³-hybridized carbons (Fsp3) is 0.296. The molecule has 0 fully saturated rings. The summed E-state index contributed by atoms with van der Waals surface area (Å²) in [5.41, 5.74) is 10.2. The van der Waals surface area contributed by atoms with Crippen LogP contribution in [0.2, 0.25) is 0 Å². The second-order valence-corrected chi connectivity index (χ2v) is 8.36. The van der Waals surface area contributed by atoms with Crippen molar-refractivity contribution in [2.45, 2.75) is 45.2 Å². The first-order valence-corrected chi connectivity index (χ1v) is 11.8. The van der Waals surface area contributed by atoms with E-state index in [4.69, 9.17) is 16.3 Å². The lowest BCUT2D eigenvalue weighted by Gasteiger charge is -2.18. The molecule has 0 aliphatic heterocycles. The number of allylic oxidation sites excluding steroid dienone is 4. The number of carbonyl (C=O) groups is 2. The van der Waals surface area contributed by atoms with Crippen molar-refractivity contribution in [3.63, 3.8) is 0 Å². The van der Waals surface area contributed by atoms with Gasteiger partial charge in [0, 0.05) is 6.04 Å². The molecule has 8 nitrogen and oxygen atoms in total. The predicted molar refractivity (Wildman–Crippen MR) is 136 cm³/mol. The summed E-state index contributed by atoms with van der Waals surface area (Å²) in [7, 11) is 0. The number of benzene rings is 2. The molecule has 0 bridgehead atoms. The SMILES string of the molecule is CCOC(=O)C[C@@H](Cc1ccc(C2=CCCC=C2)cc1)NC(=O)/C(N)=[NH+]/N(N)Cc1ccccc1. The van der Waals surface area contributed by atoms with Gasteiger partial charge in [-0.15, -0.1) is 0 Å². The zero-order valence-corrected chi connectivity index (χ0v) is 20.1.